The van der Waals surface area contributed by atoms with Crippen LogP contribution in [0.3, 0.4) is 0 Å². The van der Waals surface area contributed by atoms with Crippen molar-refractivity contribution in [3.8, 4) is 0 Å². The molecule has 0 saturated heterocycles. The Balaban J connectivity index is 4.05. The average Bonchev–Trinajstić information content (AvgIpc) is 2.64. The van der Waals surface area contributed by atoms with E-state index in [0.29, 0.717) is 32.4 Å². The van der Waals surface area contributed by atoms with Crippen molar-refractivity contribution < 1.29 is 29.0 Å². The smallest absolute Gasteiger partial charge is 0.305 e. The molecule has 0 aliphatic heterocycles. The highest BCUT2D eigenvalue weighted by Gasteiger charge is 2.20. The highest BCUT2D eigenvalue weighted by molar-refractivity contribution is 5.85. The molecule has 8 nitrogen and oxygen atoms in total. The highest BCUT2D eigenvalue weighted by Crippen LogP contribution is 2.09. The van der Waals surface area contributed by atoms with Gasteiger partial charge in [-0.05, 0) is 19.3 Å². The highest BCUT2D eigenvalue weighted by atomic mass is 16.5. The van der Waals surface area contributed by atoms with Crippen molar-refractivity contribution in [2.75, 3.05) is 39.5 Å². The Morgan fingerprint density at radius 1 is 1.04 bits per heavy atom. The summed E-state index contributed by atoms with van der Waals surface area (Å²) in [4.78, 5) is 35.6. The molecule has 0 rings (SSSR count). The number of esters is 1. The van der Waals surface area contributed by atoms with Gasteiger partial charge < -0.3 is 25.2 Å². The van der Waals surface area contributed by atoms with Crippen LogP contribution >= 0.6 is 0 Å². The molecule has 0 bridgehead atoms. The van der Waals surface area contributed by atoms with Crippen LogP contribution in [-0.4, -0.2) is 62.4 Å². The van der Waals surface area contributed by atoms with E-state index in [4.69, 9.17) is 14.6 Å². The molecule has 0 aliphatic rings. The summed E-state index contributed by atoms with van der Waals surface area (Å²) >= 11 is 0. The standard InChI is InChI=1S/C19H32N2O6/c1-3-5-6-8-18(24)27-13-10-21-19(25)16(7-4-2)15-17(23)20-9-12-26-14-11-22/h3-4,16,22H,1-2,5-15H2,(H,20,23)(H,21,25). The van der Waals surface area contributed by atoms with Gasteiger partial charge in [0.15, 0.2) is 0 Å². The molecular formula is C19H32N2O6. The number of unbranched alkanes of at least 4 members (excludes halogenated alkanes) is 1. The zero-order valence-corrected chi connectivity index (χ0v) is 15.9. The Morgan fingerprint density at radius 3 is 2.44 bits per heavy atom. The number of ether oxygens (including phenoxy) is 2. The summed E-state index contributed by atoms with van der Waals surface area (Å²) in [6.45, 7) is 8.23. The second kappa shape index (κ2) is 17.2. The summed E-state index contributed by atoms with van der Waals surface area (Å²) in [5.41, 5.74) is 0. The van der Waals surface area contributed by atoms with E-state index in [9.17, 15) is 14.4 Å². The van der Waals surface area contributed by atoms with Crippen molar-refractivity contribution in [2.24, 2.45) is 5.92 Å². The lowest BCUT2D eigenvalue weighted by Gasteiger charge is -2.15. The van der Waals surface area contributed by atoms with Gasteiger partial charge in [-0.3, -0.25) is 14.4 Å². The van der Waals surface area contributed by atoms with Crippen molar-refractivity contribution in [1.82, 2.24) is 10.6 Å². The summed E-state index contributed by atoms with van der Waals surface area (Å²) in [7, 11) is 0. The fourth-order valence-corrected chi connectivity index (χ4v) is 2.16. The van der Waals surface area contributed by atoms with E-state index in [1.165, 1.54) is 0 Å². The minimum Gasteiger partial charge on any atom is -0.464 e. The van der Waals surface area contributed by atoms with Crippen LogP contribution in [0.5, 0.6) is 0 Å². The van der Waals surface area contributed by atoms with E-state index in [0.717, 1.165) is 6.42 Å². The number of hydrogen-bond donors (Lipinski definition) is 3. The maximum absolute atomic E-state index is 12.2. The lowest BCUT2D eigenvalue weighted by atomic mass is 10.00. The van der Waals surface area contributed by atoms with Gasteiger partial charge in [-0.25, -0.2) is 0 Å². The van der Waals surface area contributed by atoms with Crippen LogP contribution in [-0.2, 0) is 23.9 Å². The Morgan fingerprint density at radius 2 is 1.78 bits per heavy atom. The fraction of sp³-hybridized carbons (Fsp3) is 0.632. The predicted octanol–water partition coefficient (Wildman–Crippen LogP) is 0.710. The van der Waals surface area contributed by atoms with Crippen molar-refractivity contribution in [2.45, 2.75) is 32.1 Å². The maximum Gasteiger partial charge on any atom is 0.305 e. The molecule has 27 heavy (non-hydrogen) atoms. The van der Waals surface area contributed by atoms with Gasteiger partial charge in [-0.2, -0.15) is 0 Å². The monoisotopic (exact) mass is 384 g/mol. The van der Waals surface area contributed by atoms with E-state index < -0.39 is 5.92 Å². The average molecular weight is 384 g/mol. The van der Waals surface area contributed by atoms with Crippen LogP contribution in [0.4, 0.5) is 0 Å². The molecule has 0 spiro atoms. The molecule has 2 amide bonds. The first-order valence-electron chi connectivity index (χ1n) is 9.15. The number of aliphatic hydroxyl groups is 1. The van der Waals surface area contributed by atoms with Crippen molar-refractivity contribution in [1.29, 1.82) is 0 Å². The summed E-state index contributed by atoms with van der Waals surface area (Å²) in [6, 6.07) is 0. The van der Waals surface area contributed by atoms with E-state index in [-0.39, 0.29) is 50.6 Å². The van der Waals surface area contributed by atoms with Gasteiger partial charge in [0, 0.05) is 19.4 Å². The molecule has 154 valence electrons. The van der Waals surface area contributed by atoms with Crippen molar-refractivity contribution in [3.63, 3.8) is 0 Å². The number of carbonyl (C=O) groups excluding carboxylic acids is 3. The Kier molecular flexibility index (Phi) is 15.8. The van der Waals surface area contributed by atoms with Crippen LogP contribution in [0.25, 0.3) is 0 Å². The van der Waals surface area contributed by atoms with Crippen LogP contribution in [0.2, 0.25) is 0 Å². The van der Waals surface area contributed by atoms with E-state index in [2.05, 4.69) is 23.8 Å². The normalized spacial score (nSPS) is 11.3. The van der Waals surface area contributed by atoms with E-state index in [1.807, 2.05) is 0 Å². The SMILES string of the molecule is C=CCCCC(=O)OCCNC(=O)C(CC=C)CC(=O)NCCOCCO. The van der Waals surface area contributed by atoms with Gasteiger partial charge in [0.1, 0.15) is 6.61 Å². The maximum atomic E-state index is 12.2. The number of nitrogens with one attached hydrogen (secondary N) is 2. The summed E-state index contributed by atoms with van der Waals surface area (Å²) < 4.78 is 10.1. The first-order chi connectivity index (χ1) is 13.0. The van der Waals surface area contributed by atoms with Crippen LogP contribution < -0.4 is 10.6 Å². The Bertz CT molecular complexity index is 467. The second-order valence-electron chi connectivity index (χ2n) is 5.80. The van der Waals surface area contributed by atoms with Gasteiger partial charge in [0.25, 0.3) is 0 Å². The molecular weight excluding hydrogens is 352 g/mol. The molecule has 0 saturated carbocycles. The van der Waals surface area contributed by atoms with Gasteiger partial charge >= 0.3 is 5.97 Å². The molecule has 8 heteroatoms. The largest absolute Gasteiger partial charge is 0.464 e. The third kappa shape index (κ3) is 14.6. The number of carbonyl (C=O) groups is 3. The molecule has 3 N–H and O–H groups in total. The molecule has 1 unspecified atom stereocenters. The van der Waals surface area contributed by atoms with Crippen molar-refractivity contribution >= 4 is 17.8 Å². The molecule has 0 aromatic heterocycles. The lowest BCUT2D eigenvalue weighted by molar-refractivity contribution is -0.144. The molecule has 0 aliphatic carbocycles. The third-order valence-corrected chi connectivity index (χ3v) is 3.51. The summed E-state index contributed by atoms with van der Waals surface area (Å²) in [6.07, 6.45) is 5.48. The van der Waals surface area contributed by atoms with Gasteiger partial charge in [-0.1, -0.05) is 12.2 Å². The molecule has 1 atom stereocenters. The molecule has 0 fully saturated rings. The number of hydrogen-bond acceptors (Lipinski definition) is 6. The summed E-state index contributed by atoms with van der Waals surface area (Å²) in [5.74, 6) is -1.40. The van der Waals surface area contributed by atoms with Gasteiger partial charge in [0.05, 0.1) is 32.3 Å². The number of allylic oxidation sites excluding steroid dienone is 2. The van der Waals surface area contributed by atoms with Gasteiger partial charge in [-0.15, -0.1) is 13.2 Å². The molecule has 0 radical (unpaired) electrons. The van der Waals surface area contributed by atoms with E-state index >= 15 is 0 Å². The van der Waals surface area contributed by atoms with Crippen LogP contribution in [0.1, 0.15) is 32.1 Å². The number of amides is 2. The quantitative estimate of drug-likeness (QED) is 0.193. The molecule has 0 aromatic carbocycles. The van der Waals surface area contributed by atoms with Crippen LogP contribution in [0.15, 0.2) is 25.3 Å². The number of rotatable bonds is 17. The lowest BCUT2D eigenvalue weighted by Crippen LogP contribution is -2.37. The topological polar surface area (TPSA) is 114 Å². The molecule has 0 aromatic rings. The van der Waals surface area contributed by atoms with Gasteiger partial charge in [0.2, 0.25) is 11.8 Å². The first kappa shape index (κ1) is 24.8. The third-order valence-electron chi connectivity index (χ3n) is 3.51. The minimum absolute atomic E-state index is 0.0270. The Hall–Kier alpha value is -2.19. The predicted molar refractivity (Wildman–Crippen MR) is 102 cm³/mol. The minimum atomic E-state index is -0.538. The zero-order valence-electron chi connectivity index (χ0n) is 15.9. The van der Waals surface area contributed by atoms with Crippen molar-refractivity contribution in [3.05, 3.63) is 25.3 Å². The molecule has 0 heterocycles. The Labute approximate surface area is 161 Å². The second-order valence-corrected chi connectivity index (χ2v) is 5.80. The van der Waals surface area contributed by atoms with E-state index in [1.54, 1.807) is 12.2 Å². The van der Waals surface area contributed by atoms with Crippen LogP contribution in [0, 0.1) is 5.92 Å². The zero-order chi connectivity index (χ0) is 20.3. The number of aliphatic hydroxyl groups excluding tert-OH is 1. The summed E-state index contributed by atoms with van der Waals surface area (Å²) in [5, 5.41) is 13.9. The fourth-order valence-electron chi connectivity index (χ4n) is 2.16. The first-order valence-corrected chi connectivity index (χ1v) is 9.15.